The molecule has 0 aliphatic carbocycles. The average Bonchev–Trinajstić information content (AvgIpc) is 2.81. The fourth-order valence-corrected chi connectivity index (χ4v) is 2.29. The molecule has 1 aliphatic heterocycles. The van der Waals surface area contributed by atoms with Crippen molar-refractivity contribution >= 4 is 11.6 Å². The first-order valence-corrected chi connectivity index (χ1v) is 5.91. The van der Waals surface area contributed by atoms with Crippen molar-refractivity contribution in [2.45, 2.75) is 33.4 Å². The van der Waals surface area contributed by atoms with E-state index in [1.807, 2.05) is 20.8 Å². The van der Waals surface area contributed by atoms with Gasteiger partial charge in [0.1, 0.15) is 5.69 Å². The molecule has 0 spiro atoms. The molecule has 0 bridgehead atoms. The summed E-state index contributed by atoms with van der Waals surface area (Å²) in [4.78, 5) is 30.4. The summed E-state index contributed by atoms with van der Waals surface area (Å²) in [5.41, 5.74) is 1.94. The number of aromatic amines is 1. The second-order valence-corrected chi connectivity index (χ2v) is 4.90. The summed E-state index contributed by atoms with van der Waals surface area (Å²) in [6, 6.07) is 1.82. The largest absolute Gasteiger partial charge is 0.330 e. The van der Waals surface area contributed by atoms with Crippen molar-refractivity contribution < 1.29 is 4.79 Å². The Bertz CT molecular complexity index is 711. The SMILES string of the molecule is Cc1cc2nc3c(c(=O)n2[nH]1)CN(C(C)C)C3=O. The van der Waals surface area contributed by atoms with Crippen LogP contribution in [-0.2, 0) is 6.54 Å². The van der Waals surface area contributed by atoms with Gasteiger partial charge in [0, 0.05) is 17.8 Å². The van der Waals surface area contributed by atoms with Gasteiger partial charge in [-0.1, -0.05) is 0 Å². The van der Waals surface area contributed by atoms with Crippen molar-refractivity contribution in [3.63, 3.8) is 0 Å². The lowest BCUT2D eigenvalue weighted by Gasteiger charge is -2.19. The normalized spacial score (nSPS) is 14.9. The Morgan fingerprint density at radius 2 is 2.11 bits per heavy atom. The van der Waals surface area contributed by atoms with Gasteiger partial charge in [0.15, 0.2) is 5.65 Å². The van der Waals surface area contributed by atoms with E-state index < -0.39 is 0 Å². The first-order valence-electron chi connectivity index (χ1n) is 5.91. The van der Waals surface area contributed by atoms with Crippen LogP contribution in [0, 0.1) is 6.92 Å². The van der Waals surface area contributed by atoms with E-state index in [0.717, 1.165) is 5.69 Å². The van der Waals surface area contributed by atoms with E-state index in [0.29, 0.717) is 23.4 Å². The molecule has 6 heteroatoms. The third-order valence-corrected chi connectivity index (χ3v) is 3.25. The third kappa shape index (κ3) is 1.32. The number of amides is 1. The number of nitrogens with one attached hydrogen (secondary N) is 1. The highest BCUT2D eigenvalue weighted by molar-refractivity contribution is 5.96. The Kier molecular flexibility index (Phi) is 2.10. The van der Waals surface area contributed by atoms with Crippen molar-refractivity contribution in [2.75, 3.05) is 0 Å². The lowest BCUT2D eigenvalue weighted by Crippen LogP contribution is -2.31. The van der Waals surface area contributed by atoms with Crippen LogP contribution in [0.5, 0.6) is 0 Å². The zero-order valence-corrected chi connectivity index (χ0v) is 10.5. The number of rotatable bonds is 1. The molecule has 18 heavy (non-hydrogen) atoms. The number of hydrogen-bond donors (Lipinski definition) is 1. The summed E-state index contributed by atoms with van der Waals surface area (Å²) < 4.78 is 1.39. The Labute approximate surface area is 103 Å². The van der Waals surface area contributed by atoms with Gasteiger partial charge >= 0.3 is 0 Å². The molecule has 2 aromatic heterocycles. The van der Waals surface area contributed by atoms with Crippen molar-refractivity contribution in [3.8, 4) is 0 Å². The Morgan fingerprint density at radius 3 is 2.78 bits per heavy atom. The third-order valence-electron chi connectivity index (χ3n) is 3.25. The fraction of sp³-hybridized carbons (Fsp3) is 0.417. The molecule has 1 aliphatic rings. The van der Waals surface area contributed by atoms with Crippen LogP contribution in [0.3, 0.4) is 0 Å². The standard InChI is InChI=1S/C12H14N4O2/c1-6(2)15-5-8-10(12(15)18)13-9-4-7(3)14-16(9)11(8)17/h4,6,14H,5H2,1-3H3. The van der Waals surface area contributed by atoms with Crippen LogP contribution in [0.1, 0.15) is 35.6 Å². The summed E-state index contributed by atoms with van der Waals surface area (Å²) in [5.74, 6) is -0.154. The van der Waals surface area contributed by atoms with Gasteiger partial charge in [-0.2, -0.15) is 0 Å². The molecule has 0 unspecified atom stereocenters. The molecular formula is C12H14N4O2. The van der Waals surface area contributed by atoms with Gasteiger partial charge in [-0.05, 0) is 20.8 Å². The summed E-state index contributed by atoms with van der Waals surface area (Å²) in [7, 11) is 0. The fourth-order valence-electron chi connectivity index (χ4n) is 2.29. The number of aromatic nitrogens is 3. The maximum Gasteiger partial charge on any atom is 0.278 e. The molecule has 1 amide bonds. The molecule has 6 nitrogen and oxygen atoms in total. The number of fused-ring (bicyclic) bond motifs is 2. The zero-order valence-electron chi connectivity index (χ0n) is 10.5. The molecule has 94 valence electrons. The van der Waals surface area contributed by atoms with Crippen LogP contribution in [-0.4, -0.2) is 31.4 Å². The zero-order chi connectivity index (χ0) is 13.0. The maximum absolute atomic E-state index is 12.3. The second-order valence-electron chi connectivity index (χ2n) is 4.90. The van der Waals surface area contributed by atoms with Gasteiger partial charge in [-0.15, -0.1) is 0 Å². The van der Waals surface area contributed by atoms with Crippen LogP contribution >= 0.6 is 0 Å². The highest BCUT2D eigenvalue weighted by Gasteiger charge is 2.33. The second kappa shape index (κ2) is 3.44. The summed E-state index contributed by atoms with van der Waals surface area (Å²) in [6.45, 7) is 6.05. The summed E-state index contributed by atoms with van der Waals surface area (Å²) >= 11 is 0. The van der Waals surface area contributed by atoms with Crippen molar-refractivity contribution in [1.82, 2.24) is 19.5 Å². The van der Waals surface area contributed by atoms with Gasteiger partial charge in [0.2, 0.25) is 0 Å². The number of hydrogen-bond acceptors (Lipinski definition) is 3. The van der Waals surface area contributed by atoms with E-state index in [9.17, 15) is 9.59 Å². The van der Waals surface area contributed by atoms with Gasteiger partial charge in [0.25, 0.3) is 11.5 Å². The minimum Gasteiger partial charge on any atom is -0.330 e. The molecule has 0 radical (unpaired) electrons. The quantitative estimate of drug-likeness (QED) is 0.805. The highest BCUT2D eigenvalue weighted by atomic mass is 16.2. The molecule has 0 atom stereocenters. The van der Waals surface area contributed by atoms with Gasteiger partial charge < -0.3 is 4.90 Å². The van der Waals surface area contributed by atoms with Crippen LogP contribution in [0.2, 0.25) is 0 Å². The molecule has 2 aromatic rings. The van der Waals surface area contributed by atoms with Crippen molar-refractivity contribution in [2.24, 2.45) is 0 Å². The molecular weight excluding hydrogens is 232 g/mol. The van der Waals surface area contributed by atoms with E-state index in [2.05, 4.69) is 10.1 Å². The van der Waals surface area contributed by atoms with E-state index >= 15 is 0 Å². The van der Waals surface area contributed by atoms with Crippen molar-refractivity contribution in [1.29, 1.82) is 0 Å². The lowest BCUT2D eigenvalue weighted by atomic mass is 10.2. The first kappa shape index (κ1) is 11.0. The molecule has 0 saturated heterocycles. The highest BCUT2D eigenvalue weighted by Crippen LogP contribution is 2.20. The van der Waals surface area contributed by atoms with Crippen molar-refractivity contribution in [3.05, 3.63) is 33.4 Å². The monoisotopic (exact) mass is 246 g/mol. The molecule has 0 saturated carbocycles. The number of carbonyl (C=O) groups excluding carboxylic acids is 1. The van der Waals surface area contributed by atoms with Crippen LogP contribution in [0.4, 0.5) is 0 Å². The maximum atomic E-state index is 12.3. The molecule has 3 heterocycles. The van der Waals surface area contributed by atoms with Gasteiger partial charge in [-0.3, -0.25) is 14.7 Å². The minimum absolute atomic E-state index is 0.0659. The number of aryl methyl sites for hydroxylation is 1. The summed E-state index contributed by atoms with van der Waals surface area (Å²) in [6.07, 6.45) is 0. The predicted molar refractivity (Wildman–Crippen MR) is 65.6 cm³/mol. The molecule has 0 aromatic carbocycles. The van der Waals surface area contributed by atoms with E-state index in [1.54, 1.807) is 11.0 Å². The number of nitrogens with zero attached hydrogens (tertiary/aromatic N) is 3. The Morgan fingerprint density at radius 1 is 1.39 bits per heavy atom. The van der Waals surface area contributed by atoms with Crippen LogP contribution in [0.25, 0.3) is 5.65 Å². The van der Waals surface area contributed by atoms with E-state index in [4.69, 9.17) is 0 Å². The van der Waals surface area contributed by atoms with E-state index in [-0.39, 0.29) is 17.5 Å². The van der Waals surface area contributed by atoms with Gasteiger partial charge in [-0.25, -0.2) is 9.50 Å². The number of H-pyrrole nitrogens is 1. The Hall–Kier alpha value is -2.11. The van der Waals surface area contributed by atoms with E-state index in [1.165, 1.54) is 4.52 Å². The predicted octanol–water partition coefficient (Wildman–Crippen LogP) is 0.695. The molecule has 3 rings (SSSR count). The smallest absolute Gasteiger partial charge is 0.278 e. The van der Waals surface area contributed by atoms with Crippen LogP contribution < -0.4 is 5.56 Å². The first-order chi connectivity index (χ1) is 8.49. The molecule has 0 fully saturated rings. The number of carbonyl (C=O) groups is 1. The Balaban J connectivity index is 2.27. The lowest BCUT2D eigenvalue weighted by molar-refractivity contribution is 0.0726. The topological polar surface area (TPSA) is 70.5 Å². The minimum atomic E-state index is -0.181. The average molecular weight is 246 g/mol. The molecule has 1 N–H and O–H groups in total. The van der Waals surface area contributed by atoms with Gasteiger partial charge in [0.05, 0.1) is 12.1 Å². The summed E-state index contributed by atoms with van der Waals surface area (Å²) in [5, 5.41) is 2.93. The van der Waals surface area contributed by atoms with Crippen LogP contribution in [0.15, 0.2) is 10.9 Å².